The van der Waals surface area contributed by atoms with Gasteiger partial charge < -0.3 is 11.5 Å². The molecule has 2 aromatic rings. The fourth-order valence-corrected chi connectivity index (χ4v) is 1.61. The molecule has 0 aliphatic heterocycles. The molecule has 4 N–H and O–H groups in total. The van der Waals surface area contributed by atoms with E-state index in [1.165, 1.54) is 0 Å². The fourth-order valence-electron chi connectivity index (χ4n) is 1.44. The van der Waals surface area contributed by atoms with Gasteiger partial charge in [-0.1, -0.05) is 23.7 Å². The Bertz CT molecular complexity index is 477. The predicted molar refractivity (Wildman–Crippen MR) is 65.7 cm³/mol. The quantitative estimate of drug-likeness (QED) is 0.723. The van der Waals surface area contributed by atoms with Crippen LogP contribution in [0.5, 0.6) is 0 Å². The zero-order valence-electron chi connectivity index (χ0n) is 8.07. The highest BCUT2D eigenvalue weighted by Crippen LogP contribution is 2.29. The van der Waals surface area contributed by atoms with Crippen molar-refractivity contribution in [2.45, 2.75) is 0 Å². The molecule has 3 heteroatoms. The van der Waals surface area contributed by atoms with Crippen molar-refractivity contribution in [1.29, 1.82) is 0 Å². The molecule has 0 fully saturated rings. The monoisotopic (exact) mass is 218 g/mol. The third-order valence-electron chi connectivity index (χ3n) is 2.24. The van der Waals surface area contributed by atoms with Gasteiger partial charge in [-0.15, -0.1) is 0 Å². The minimum atomic E-state index is 0.677. The van der Waals surface area contributed by atoms with Crippen molar-refractivity contribution in [3.05, 3.63) is 47.5 Å². The smallest absolute Gasteiger partial charge is 0.0413 e. The third kappa shape index (κ3) is 2.05. The second-order valence-corrected chi connectivity index (χ2v) is 3.79. The molecule has 0 aliphatic rings. The van der Waals surface area contributed by atoms with Crippen molar-refractivity contribution in [3.63, 3.8) is 0 Å². The summed E-state index contributed by atoms with van der Waals surface area (Å²) in [5.74, 6) is 0. The van der Waals surface area contributed by atoms with Crippen molar-refractivity contribution in [2.75, 3.05) is 11.5 Å². The Labute approximate surface area is 93.5 Å². The summed E-state index contributed by atoms with van der Waals surface area (Å²) in [5.41, 5.74) is 14.9. The molecule has 0 bridgehead atoms. The van der Waals surface area contributed by atoms with E-state index < -0.39 is 0 Å². The van der Waals surface area contributed by atoms with Gasteiger partial charge in [-0.2, -0.15) is 0 Å². The van der Waals surface area contributed by atoms with Crippen LogP contribution in [0.15, 0.2) is 42.5 Å². The number of nitrogens with two attached hydrogens (primary N) is 2. The number of anilines is 2. The maximum absolute atomic E-state index is 5.92. The van der Waals surface area contributed by atoms with Crippen molar-refractivity contribution < 1.29 is 0 Å². The van der Waals surface area contributed by atoms with Gasteiger partial charge in [0, 0.05) is 22.0 Å². The Morgan fingerprint density at radius 2 is 1.53 bits per heavy atom. The van der Waals surface area contributed by atoms with Crippen molar-refractivity contribution in [2.24, 2.45) is 0 Å². The molecule has 0 amide bonds. The van der Waals surface area contributed by atoms with E-state index in [0.29, 0.717) is 10.7 Å². The molecule has 0 saturated carbocycles. The number of hydrogen-bond donors (Lipinski definition) is 2. The van der Waals surface area contributed by atoms with Crippen LogP contribution in [0.3, 0.4) is 0 Å². The SMILES string of the molecule is Nc1ccc(-c2cc(Cl)ccc2N)cc1. The summed E-state index contributed by atoms with van der Waals surface area (Å²) < 4.78 is 0. The van der Waals surface area contributed by atoms with E-state index in [4.69, 9.17) is 23.1 Å². The minimum absolute atomic E-state index is 0.677. The van der Waals surface area contributed by atoms with Crippen molar-refractivity contribution >= 4 is 23.0 Å². The Hall–Kier alpha value is -1.67. The number of nitrogen functional groups attached to an aromatic ring is 2. The lowest BCUT2D eigenvalue weighted by atomic mass is 10.0. The summed E-state index contributed by atoms with van der Waals surface area (Å²) in [5, 5.41) is 0.677. The molecule has 15 heavy (non-hydrogen) atoms. The molecular weight excluding hydrogens is 208 g/mol. The Kier molecular flexibility index (Phi) is 2.52. The van der Waals surface area contributed by atoms with Gasteiger partial charge in [0.15, 0.2) is 0 Å². The van der Waals surface area contributed by atoms with Crippen molar-refractivity contribution in [1.82, 2.24) is 0 Å². The summed E-state index contributed by atoms with van der Waals surface area (Å²) in [6, 6.07) is 13.0. The third-order valence-corrected chi connectivity index (χ3v) is 2.47. The maximum atomic E-state index is 5.92. The summed E-state index contributed by atoms with van der Waals surface area (Å²) >= 11 is 5.92. The minimum Gasteiger partial charge on any atom is -0.399 e. The molecule has 0 heterocycles. The Morgan fingerprint density at radius 3 is 2.20 bits per heavy atom. The molecule has 2 nitrogen and oxygen atoms in total. The van der Waals surface area contributed by atoms with Crippen LogP contribution in [0.25, 0.3) is 11.1 Å². The van der Waals surface area contributed by atoms with Crippen LogP contribution in [0, 0.1) is 0 Å². The van der Waals surface area contributed by atoms with Gasteiger partial charge in [0.1, 0.15) is 0 Å². The second kappa shape index (κ2) is 3.83. The first-order valence-corrected chi connectivity index (χ1v) is 4.95. The maximum Gasteiger partial charge on any atom is 0.0413 e. The lowest BCUT2D eigenvalue weighted by molar-refractivity contribution is 1.60. The number of hydrogen-bond acceptors (Lipinski definition) is 2. The summed E-state index contributed by atoms with van der Waals surface area (Å²) in [4.78, 5) is 0. The van der Waals surface area contributed by atoms with Crippen molar-refractivity contribution in [3.8, 4) is 11.1 Å². The van der Waals surface area contributed by atoms with Crippen LogP contribution in [0.1, 0.15) is 0 Å². The lowest BCUT2D eigenvalue weighted by Gasteiger charge is -2.06. The average molecular weight is 219 g/mol. The molecule has 0 radical (unpaired) electrons. The lowest BCUT2D eigenvalue weighted by Crippen LogP contribution is -1.90. The van der Waals surface area contributed by atoms with Crippen LogP contribution in [0.4, 0.5) is 11.4 Å². The van der Waals surface area contributed by atoms with Gasteiger partial charge in [-0.25, -0.2) is 0 Å². The molecule has 2 rings (SSSR count). The van der Waals surface area contributed by atoms with Crippen LogP contribution in [-0.4, -0.2) is 0 Å². The van der Waals surface area contributed by atoms with E-state index in [2.05, 4.69) is 0 Å². The molecule has 0 unspecified atom stereocenters. The Morgan fingerprint density at radius 1 is 0.867 bits per heavy atom. The molecule has 0 aliphatic carbocycles. The van der Waals surface area contributed by atoms with E-state index in [1.807, 2.05) is 30.3 Å². The van der Waals surface area contributed by atoms with E-state index in [0.717, 1.165) is 16.8 Å². The average Bonchev–Trinajstić information content (AvgIpc) is 2.23. The summed E-state index contributed by atoms with van der Waals surface area (Å²) in [7, 11) is 0. The topological polar surface area (TPSA) is 52.0 Å². The van der Waals surface area contributed by atoms with Crippen LogP contribution >= 0.6 is 11.6 Å². The second-order valence-electron chi connectivity index (χ2n) is 3.35. The van der Waals surface area contributed by atoms with Crippen LogP contribution in [-0.2, 0) is 0 Å². The fraction of sp³-hybridized carbons (Fsp3) is 0. The number of rotatable bonds is 1. The number of halogens is 1. The highest BCUT2D eigenvalue weighted by atomic mass is 35.5. The highest BCUT2D eigenvalue weighted by molar-refractivity contribution is 6.31. The molecule has 0 atom stereocenters. The van der Waals surface area contributed by atoms with Crippen LogP contribution in [0.2, 0.25) is 5.02 Å². The molecule has 0 spiro atoms. The first-order chi connectivity index (χ1) is 7.16. The molecule has 76 valence electrons. The number of benzene rings is 2. The summed E-state index contributed by atoms with van der Waals surface area (Å²) in [6.45, 7) is 0. The molecule has 2 aromatic carbocycles. The largest absolute Gasteiger partial charge is 0.399 e. The van der Waals surface area contributed by atoms with Gasteiger partial charge in [0.05, 0.1) is 0 Å². The van der Waals surface area contributed by atoms with E-state index in [-0.39, 0.29) is 0 Å². The zero-order chi connectivity index (χ0) is 10.8. The molecule has 0 aromatic heterocycles. The van der Waals surface area contributed by atoms with Gasteiger partial charge >= 0.3 is 0 Å². The summed E-state index contributed by atoms with van der Waals surface area (Å²) in [6.07, 6.45) is 0. The predicted octanol–water partition coefficient (Wildman–Crippen LogP) is 3.17. The van der Waals surface area contributed by atoms with E-state index >= 15 is 0 Å². The molecular formula is C12H11ClN2. The first kappa shape index (κ1) is 9.87. The van der Waals surface area contributed by atoms with Gasteiger partial charge in [-0.05, 0) is 35.9 Å². The van der Waals surface area contributed by atoms with E-state index in [1.54, 1.807) is 12.1 Å². The van der Waals surface area contributed by atoms with E-state index in [9.17, 15) is 0 Å². The normalized spacial score (nSPS) is 10.2. The first-order valence-electron chi connectivity index (χ1n) is 4.58. The van der Waals surface area contributed by atoms with Crippen LogP contribution < -0.4 is 11.5 Å². The Balaban J connectivity index is 2.53. The standard InChI is InChI=1S/C12H11ClN2/c13-9-3-6-12(15)11(7-9)8-1-4-10(14)5-2-8/h1-7H,14-15H2. The highest BCUT2D eigenvalue weighted by Gasteiger charge is 2.02. The van der Waals surface area contributed by atoms with Gasteiger partial charge in [-0.3, -0.25) is 0 Å². The van der Waals surface area contributed by atoms with Gasteiger partial charge in [0.2, 0.25) is 0 Å². The van der Waals surface area contributed by atoms with Gasteiger partial charge in [0.25, 0.3) is 0 Å². The zero-order valence-corrected chi connectivity index (χ0v) is 8.83. The molecule has 0 saturated heterocycles.